The van der Waals surface area contributed by atoms with Gasteiger partial charge >= 0.3 is 0 Å². The Morgan fingerprint density at radius 3 is 2.93 bits per heavy atom. The van der Waals surface area contributed by atoms with Gasteiger partial charge in [0.1, 0.15) is 5.76 Å². The van der Waals surface area contributed by atoms with Crippen LogP contribution in [0.1, 0.15) is 27.2 Å². The topological polar surface area (TPSA) is 21.6 Å². The highest BCUT2D eigenvalue weighted by atomic mass is 16.5. The Kier molecular flexibility index (Phi) is 4.44. The maximum Gasteiger partial charge on any atom is 0.140 e. The molecule has 1 aliphatic rings. The highest BCUT2D eigenvalue weighted by molar-refractivity contribution is 5.78. The summed E-state index contributed by atoms with van der Waals surface area (Å²) in [6.45, 7) is 8.01. The first kappa shape index (κ1) is 11.0. The fourth-order valence-corrected chi connectivity index (χ4v) is 1.32. The van der Waals surface area contributed by atoms with Crippen LogP contribution < -0.4 is 0 Å². The second kappa shape index (κ2) is 5.63. The van der Waals surface area contributed by atoms with Crippen LogP contribution in [0.3, 0.4) is 0 Å². The third kappa shape index (κ3) is 3.36. The van der Waals surface area contributed by atoms with E-state index in [1.807, 2.05) is 19.2 Å². The van der Waals surface area contributed by atoms with E-state index in [4.69, 9.17) is 4.74 Å². The molecular weight excluding hydrogens is 174 g/mol. The Hall–Kier alpha value is -1.05. The summed E-state index contributed by atoms with van der Waals surface area (Å²) in [5, 5.41) is 0. The molecule has 1 rings (SSSR count). The average molecular weight is 193 g/mol. The summed E-state index contributed by atoms with van der Waals surface area (Å²) in [4.78, 5) is 4.34. The maximum atomic E-state index is 5.48. The standard InChI is InChI=1S/C12H19NO/c1-4-5-11-6-7-14-12(11)9-13-8-10(2)3/h4-5,9-10H,6-8H2,1-3H3/b5-4+,13-9?. The number of hydrogen-bond acceptors (Lipinski definition) is 2. The van der Waals surface area contributed by atoms with Gasteiger partial charge in [0.25, 0.3) is 0 Å². The van der Waals surface area contributed by atoms with E-state index >= 15 is 0 Å². The molecule has 0 saturated heterocycles. The fourth-order valence-electron chi connectivity index (χ4n) is 1.32. The van der Waals surface area contributed by atoms with Crippen molar-refractivity contribution in [1.82, 2.24) is 0 Å². The van der Waals surface area contributed by atoms with Gasteiger partial charge in [-0.15, -0.1) is 0 Å². The predicted octanol–water partition coefficient (Wildman–Crippen LogP) is 2.96. The third-order valence-electron chi connectivity index (χ3n) is 1.99. The molecule has 0 saturated carbocycles. The Morgan fingerprint density at radius 2 is 2.29 bits per heavy atom. The van der Waals surface area contributed by atoms with Crippen LogP contribution >= 0.6 is 0 Å². The van der Waals surface area contributed by atoms with Gasteiger partial charge in [0, 0.05) is 13.0 Å². The summed E-state index contributed by atoms with van der Waals surface area (Å²) in [6.07, 6.45) is 7.01. The van der Waals surface area contributed by atoms with Crippen LogP contribution in [-0.2, 0) is 4.74 Å². The zero-order chi connectivity index (χ0) is 10.4. The second-order valence-corrected chi connectivity index (χ2v) is 3.88. The molecule has 0 aliphatic carbocycles. The van der Waals surface area contributed by atoms with Crippen LogP contribution in [0.4, 0.5) is 0 Å². The normalized spacial score (nSPS) is 17.7. The van der Waals surface area contributed by atoms with Crippen molar-refractivity contribution in [3.8, 4) is 0 Å². The molecule has 1 aliphatic heterocycles. The van der Waals surface area contributed by atoms with Crippen molar-refractivity contribution < 1.29 is 4.74 Å². The second-order valence-electron chi connectivity index (χ2n) is 3.88. The molecule has 0 atom stereocenters. The summed E-state index contributed by atoms with van der Waals surface area (Å²) >= 11 is 0. The average Bonchev–Trinajstić information content (AvgIpc) is 2.53. The van der Waals surface area contributed by atoms with Gasteiger partial charge < -0.3 is 4.74 Å². The Morgan fingerprint density at radius 1 is 1.50 bits per heavy atom. The van der Waals surface area contributed by atoms with Gasteiger partial charge in [-0.1, -0.05) is 26.0 Å². The molecule has 0 radical (unpaired) electrons. The monoisotopic (exact) mass is 193 g/mol. The molecule has 0 fully saturated rings. The van der Waals surface area contributed by atoms with Gasteiger partial charge in [0.05, 0.1) is 12.8 Å². The van der Waals surface area contributed by atoms with Gasteiger partial charge in [-0.25, -0.2) is 0 Å². The number of hydrogen-bond donors (Lipinski definition) is 0. The minimum atomic E-state index is 0.610. The number of ether oxygens (including phenoxy) is 1. The molecule has 0 N–H and O–H groups in total. The SMILES string of the molecule is C/C=C/C1=C(C=NCC(C)C)OCC1. The van der Waals surface area contributed by atoms with Gasteiger partial charge in [0.2, 0.25) is 0 Å². The Labute approximate surface area is 86.4 Å². The van der Waals surface area contributed by atoms with Crippen LogP contribution in [0, 0.1) is 5.92 Å². The summed E-state index contributed by atoms with van der Waals surface area (Å²) in [7, 11) is 0. The van der Waals surface area contributed by atoms with Crippen LogP contribution in [-0.4, -0.2) is 19.4 Å². The minimum Gasteiger partial charge on any atom is -0.491 e. The third-order valence-corrected chi connectivity index (χ3v) is 1.99. The summed E-state index contributed by atoms with van der Waals surface area (Å²) < 4.78 is 5.48. The molecule has 2 nitrogen and oxygen atoms in total. The lowest BCUT2D eigenvalue weighted by molar-refractivity contribution is 0.265. The van der Waals surface area contributed by atoms with E-state index in [-0.39, 0.29) is 0 Å². The lowest BCUT2D eigenvalue weighted by Crippen LogP contribution is -1.94. The van der Waals surface area contributed by atoms with Gasteiger partial charge in [0.15, 0.2) is 0 Å². The molecule has 14 heavy (non-hydrogen) atoms. The lowest BCUT2D eigenvalue weighted by atomic mass is 10.2. The highest BCUT2D eigenvalue weighted by Gasteiger charge is 2.10. The van der Waals surface area contributed by atoms with Crippen molar-refractivity contribution in [3.63, 3.8) is 0 Å². The minimum absolute atomic E-state index is 0.610. The molecule has 0 unspecified atom stereocenters. The van der Waals surface area contributed by atoms with Gasteiger partial charge in [-0.2, -0.15) is 0 Å². The fraction of sp³-hybridized carbons (Fsp3) is 0.583. The number of nitrogens with zero attached hydrogens (tertiary/aromatic N) is 1. The molecule has 0 spiro atoms. The van der Waals surface area contributed by atoms with Crippen molar-refractivity contribution in [2.45, 2.75) is 27.2 Å². The van der Waals surface area contributed by atoms with E-state index in [1.165, 1.54) is 5.57 Å². The number of rotatable bonds is 4. The van der Waals surface area contributed by atoms with E-state index in [0.717, 1.165) is 25.3 Å². The lowest BCUT2D eigenvalue weighted by Gasteiger charge is -1.99. The van der Waals surface area contributed by atoms with Crippen molar-refractivity contribution in [3.05, 3.63) is 23.5 Å². The van der Waals surface area contributed by atoms with Crippen molar-refractivity contribution >= 4 is 6.21 Å². The van der Waals surface area contributed by atoms with Gasteiger partial charge in [-0.05, 0) is 18.4 Å². The summed E-state index contributed by atoms with van der Waals surface area (Å²) in [5.41, 5.74) is 1.26. The Bertz CT molecular complexity index is 261. The largest absolute Gasteiger partial charge is 0.491 e. The van der Waals surface area contributed by atoms with Crippen molar-refractivity contribution in [2.75, 3.05) is 13.2 Å². The molecule has 2 heteroatoms. The quantitative estimate of drug-likeness (QED) is 0.629. The highest BCUT2D eigenvalue weighted by Crippen LogP contribution is 2.18. The van der Waals surface area contributed by atoms with E-state index < -0.39 is 0 Å². The maximum absolute atomic E-state index is 5.48. The van der Waals surface area contributed by atoms with E-state index in [9.17, 15) is 0 Å². The first-order chi connectivity index (χ1) is 6.74. The molecule has 0 bridgehead atoms. The molecule has 78 valence electrons. The zero-order valence-electron chi connectivity index (χ0n) is 9.29. The summed E-state index contributed by atoms with van der Waals surface area (Å²) in [5.74, 6) is 1.56. The summed E-state index contributed by atoms with van der Waals surface area (Å²) in [6, 6.07) is 0. The van der Waals surface area contributed by atoms with Crippen molar-refractivity contribution in [2.24, 2.45) is 10.9 Å². The van der Waals surface area contributed by atoms with Crippen LogP contribution in [0.2, 0.25) is 0 Å². The molecule has 0 amide bonds. The van der Waals surface area contributed by atoms with E-state index in [0.29, 0.717) is 5.92 Å². The smallest absolute Gasteiger partial charge is 0.140 e. The van der Waals surface area contributed by atoms with E-state index in [1.54, 1.807) is 0 Å². The zero-order valence-corrected chi connectivity index (χ0v) is 9.29. The molecular formula is C12H19NO. The van der Waals surface area contributed by atoms with Crippen LogP contribution in [0.5, 0.6) is 0 Å². The molecule has 1 heterocycles. The Balaban J connectivity index is 2.57. The number of aliphatic imine (C=N–C) groups is 1. The molecule has 0 aromatic rings. The van der Waals surface area contributed by atoms with Crippen LogP contribution in [0.25, 0.3) is 0 Å². The predicted molar refractivity (Wildman–Crippen MR) is 60.6 cm³/mol. The first-order valence-electron chi connectivity index (χ1n) is 5.22. The van der Waals surface area contributed by atoms with Gasteiger partial charge in [-0.3, -0.25) is 4.99 Å². The first-order valence-corrected chi connectivity index (χ1v) is 5.22. The van der Waals surface area contributed by atoms with Crippen molar-refractivity contribution in [1.29, 1.82) is 0 Å². The number of allylic oxidation sites excluding steroid dienone is 3. The van der Waals surface area contributed by atoms with Crippen LogP contribution in [0.15, 0.2) is 28.5 Å². The molecule has 0 aromatic heterocycles. The van der Waals surface area contributed by atoms with E-state index in [2.05, 4.69) is 24.9 Å². The molecule has 0 aromatic carbocycles.